The van der Waals surface area contributed by atoms with Crippen LogP contribution in [-0.4, -0.2) is 31.6 Å². The van der Waals surface area contributed by atoms with E-state index >= 15 is 0 Å². The Balaban J connectivity index is 4.01. The predicted octanol–water partition coefficient (Wildman–Crippen LogP) is 0.163. The molecule has 0 aliphatic rings. The Kier molecular flexibility index (Phi) is 2.20. The standard InChI is InChI=1S/C5H10N2O3/c1-7(6-9)4-3-5(8)10-2/h3-4H2,1-2H3/i1D3. The maximum absolute atomic E-state index is 10.6. The van der Waals surface area contributed by atoms with Crippen molar-refractivity contribution in [3.63, 3.8) is 0 Å². The van der Waals surface area contributed by atoms with Crippen LogP contribution in [0, 0.1) is 4.91 Å². The van der Waals surface area contributed by atoms with Gasteiger partial charge < -0.3 is 4.74 Å². The lowest BCUT2D eigenvalue weighted by molar-refractivity contribution is -0.140. The van der Waals surface area contributed by atoms with E-state index in [0.717, 1.165) is 0 Å². The van der Waals surface area contributed by atoms with E-state index in [1.54, 1.807) is 0 Å². The molecule has 0 amide bonds. The molecule has 0 radical (unpaired) electrons. The number of ether oxygens (including phenoxy) is 1. The maximum atomic E-state index is 10.6. The molecule has 58 valence electrons. The van der Waals surface area contributed by atoms with E-state index in [4.69, 9.17) is 4.11 Å². The molecule has 0 aromatic rings. The van der Waals surface area contributed by atoms with Crippen molar-refractivity contribution < 1.29 is 13.6 Å². The normalized spacial score (nSPS) is 14.3. The number of rotatable bonds is 4. The van der Waals surface area contributed by atoms with E-state index in [9.17, 15) is 9.70 Å². The second kappa shape index (κ2) is 4.72. The van der Waals surface area contributed by atoms with E-state index in [1.807, 2.05) is 0 Å². The third kappa shape index (κ3) is 3.82. The summed E-state index contributed by atoms with van der Waals surface area (Å²) in [6.07, 6.45) is -0.180. The van der Waals surface area contributed by atoms with E-state index in [2.05, 4.69) is 10.0 Å². The highest BCUT2D eigenvalue weighted by atomic mass is 16.5. The van der Waals surface area contributed by atoms with Crippen LogP contribution in [0.1, 0.15) is 10.5 Å². The molecule has 5 nitrogen and oxygen atoms in total. The van der Waals surface area contributed by atoms with Gasteiger partial charge in [-0.3, -0.25) is 9.80 Å². The highest BCUT2D eigenvalue weighted by Crippen LogP contribution is 1.88. The first-order valence-corrected chi connectivity index (χ1v) is 2.59. The van der Waals surface area contributed by atoms with Crippen molar-refractivity contribution in [2.45, 2.75) is 6.42 Å². The fourth-order valence-electron chi connectivity index (χ4n) is 0.340. The fraction of sp³-hybridized carbons (Fsp3) is 0.800. The molecule has 0 aliphatic carbocycles. The Bertz CT molecular complexity index is 194. The third-order valence-corrected chi connectivity index (χ3v) is 0.854. The molecular weight excluding hydrogens is 136 g/mol. The zero-order valence-electron chi connectivity index (χ0n) is 8.53. The van der Waals surface area contributed by atoms with Crippen LogP contribution in [0.25, 0.3) is 0 Å². The third-order valence-electron chi connectivity index (χ3n) is 0.854. The van der Waals surface area contributed by atoms with Gasteiger partial charge in [0.15, 0.2) is 0 Å². The predicted molar refractivity (Wildman–Crippen MR) is 35.1 cm³/mol. The Labute approximate surface area is 63.1 Å². The molecule has 0 unspecified atom stereocenters. The Morgan fingerprint density at radius 1 is 1.90 bits per heavy atom. The van der Waals surface area contributed by atoms with E-state index < -0.39 is 12.9 Å². The fourth-order valence-corrected chi connectivity index (χ4v) is 0.340. The molecule has 5 heteroatoms. The van der Waals surface area contributed by atoms with Crippen molar-refractivity contribution in [1.29, 1.82) is 0 Å². The van der Waals surface area contributed by atoms with Crippen LogP contribution in [0.2, 0.25) is 0 Å². The summed E-state index contributed by atoms with van der Waals surface area (Å²) in [7, 11) is 1.18. The van der Waals surface area contributed by atoms with Gasteiger partial charge in [0.2, 0.25) is 0 Å². The van der Waals surface area contributed by atoms with Gasteiger partial charge in [0.1, 0.15) is 0 Å². The highest BCUT2D eigenvalue weighted by Gasteiger charge is 2.01. The monoisotopic (exact) mass is 149 g/mol. The van der Waals surface area contributed by atoms with Gasteiger partial charge in [-0.05, 0) is 0 Å². The summed E-state index contributed by atoms with van der Waals surface area (Å²) in [5, 5.41) is 2.60. The van der Waals surface area contributed by atoms with Gasteiger partial charge in [-0.1, -0.05) is 0 Å². The largest absolute Gasteiger partial charge is 0.469 e. The van der Waals surface area contributed by atoms with Crippen LogP contribution in [-0.2, 0) is 9.53 Å². The molecule has 0 aliphatic heterocycles. The first-order chi connectivity index (χ1) is 5.91. The minimum Gasteiger partial charge on any atom is -0.469 e. The molecule has 0 spiro atoms. The first kappa shape index (κ1) is 4.65. The SMILES string of the molecule is [2H]C([2H])([2H])N(CCC(=O)OC)N=O. The van der Waals surface area contributed by atoms with Gasteiger partial charge in [-0.25, -0.2) is 0 Å². The summed E-state index contributed by atoms with van der Waals surface area (Å²) in [5.41, 5.74) is 0. The summed E-state index contributed by atoms with van der Waals surface area (Å²) < 4.78 is 24.7. The molecule has 0 atom stereocenters. The van der Waals surface area contributed by atoms with Crippen molar-refractivity contribution in [2.24, 2.45) is 5.29 Å². The smallest absolute Gasteiger partial charge is 0.307 e. The lowest BCUT2D eigenvalue weighted by Gasteiger charge is -2.05. The average Bonchev–Trinajstić information content (AvgIpc) is 2.02. The molecule has 0 rings (SSSR count). The van der Waals surface area contributed by atoms with Gasteiger partial charge >= 0.3 is 5.97 Å². The summed E-state index contributed by atoms with van der Waals surface area (Å²) in [6, 6.07) is 0. The zero-order chi connectivity index (χ0) is 10.5. The Morgan fingerprint density at radius 3 is 3.00 bits per heavy atom. The summed E-state index contributed by atoms with van der Waals surface area (Å²) in [4.78, 5) is 20.6. The Morgan fingerprint density at radius 2 is 2.60 bits per heavy atom. The number of nitroso groups, excluding NO2 is 1. The van der Waals surface area contributed by atoms with Crippen LogP contribution in [0.5, 0.6) is 0 Å². The summed E-state index contributed by atoms with van der Waals surface area (Å²) in [6.45, 7) is -2.87. The number of esters is 1. The van der Waals surface area contributed by atoms with Crippen molar-refractivity contribution in [1.82, 2.24) is 5.01 Å². The second-order valence-corrected chi connectivity index (χ2v) is 1.53. The minimum absolute atomic E-state index is 0.180. The topological polar surface area (TPSA) is 59.0 Å². The van der Waals surface area contributed by atoms with Crippen molar-refractivity contribution >= 4 is 5.97 Å². The molecule has 0 heterocycles. The summed E-state index contributed by atoms with van der Waals surface area (Å²) >= 11 is 0. The van der Waals surface area contributed by atoms with Gasteiger partial charge in [-0.2, -0.15) is 0 Å². The molecular formula is C5H10N2O3. The minimum atomic E-state index is -2.60. The van der Waals surface area contributed by atoms with Gasteiger partial charge in [0.05, 0.1) is 18.8 Å². The molecule has 0 fully saturated rings. The van der Waals surface area contributed by atoms with Crippen molar-refractivity contribution in [3.05, 3.63) is 4.91 Å². The highest BCUT2D eigenvalue weighted by molar-refractivity contribution is 5.69. The molecule has 0 aromatic carbocycles. The molecule has 0 saturated carbocycles. The van der Waals surface area contributed by atoms with Crippen molar-refractivity contribution in [3.8, 4) is 0 Å². The lowest BCUT2D eigenvalue weighted by atomic mass is 10.4. The molecule has 0 N–H and O–H groups in total. The van der Waals surface area contributed by atoms with E-state index in [-0.39, 0.29) is 13.0 Å². The number of methoxy groups -OCH3 is 1. The van der Waals surface area contributed by atoms with E-state index in [1.165, 1.54) is 7.11 Å². The summed E-state index contributed by atoms with van der Waals surface area (Å²) in [5.74, 6) is -0.585. The van der Waals surface area contributed by atoms with Gasteiger partial charge in [0.25, 0.3) is 0 Å². The number of nitrogens with zero attached hydrogens (tertiary/aromatic N) is 2. The van der Waals surface area contributed by atoms with Gasteiger partial charge in [-0.15, -0.1) is 4.91 Å². The lowest BCUT2D eigenvalue weighted by Crippen LogP contribution is -2.15. The van der Waals surface area contributed by atoms with Crippen LogP contribution < -0.4 is 0 Å². The van der Waals surface area contributed by atoms with E-state index in [0.29, 0.717) is 5.01 Å². The number of carbonyl (C=O) groups is 1. The molecule has 0 bridgehead atoms. The maximum Gasteiger partial charge on any atom is 0.307 e. The van der Waals surface area contributed by atoms with Crippen LogP contribution >= 0.6 is 0 Å². The van der Waals surface area contributed by atoms with Crippen molar-refractivity contribution in [2.75, 3.05) is 20.6 Å². The van der Waals surface area contributed by atoms with Crippen LogP contribution in [0.15, 0.2) is 5.29 Å². The average molecular weight is 149 g/mol. The van der Waals surface area contributed by atoms with Crippen LogP contribution in [0.4, 0.5) is 0 Å². The van der Waals surface area contributed by atoms with Gasteiger partial charge in [0, 0.05) is 17.6 Å². The Hall–Kier alpha value is -1.13. The molecule has 10 heavy (non-hydrogen) atoms. The van der Waals surface area contributed by atoms with Crippen LogP contribution in [0.3, 0.4) is 0 Å². The number of hydrogen-bond acceptors (Lipinski definition) is 4. The molecule has 0 aromatic heterocycles. The zero-order valence-corrected chi connectivity index (χ0v) is 5.53. The number of hydrogen-bond donors (Lipinski definition) is 0. The molecule has 0 saturated heterocycles. The quantitative estimate of drug-likeness (QED) is 0.324. The number of carbonyl (C=O) groups excluding carboxylic acids is 1. The second-order valence-electron chi connectivity index (χ2n) is 1.53. The first-order valence-electron chi connectivity index (χ1n) is 4.09.